The molecule has 1 saturated heterocycles. The number of benzene rings is 1. The Morgan fingerprint density at radius 3 is 2.52 bits per heavy atom. The molecule has 1 aliphatic rings. The molecule has 0 unspecified atom stereocenters. The summed E-state index contributed by atoms with van der Waals surface area (Å²) in [5.41, 5.74) is 2.28. The molecule has 0 atom stereocenters. The van der Waals surface area contributed by atoms with Crippen molar-refractivity contribution < 1.29 is 19.1 Å². The first-order valence-corrected chi connectivity index (χ1v) is 9.77. The summed E-state index contributed by atoms with van der Waals surface area (Å²) in [6, 6.07) is 5.93. The number of aryl methyl sites for hydroxylation is 1. The summed E-state index contributed by atoms with van der Waals surface area (Å²) in [6.45, 7) is 11.2. The van der Waals surface area contributed by atoms with E-state index < -0.39 is 0 Å². The maximum absolute atomic E-state index is 12.5. The van der Waals surface area contributed by atoms with Crippen LogP contribution in [0.25, 0.3) is 0 Å². The average Bonchev–Trinajstić information content (AvgIpc) is 2.89. The summed E-state index contributed by atoms with van der Waals surface area (Å²) in [6.07, 6.45) is 0.821. The summed E-state index contributed by atoms with van der Waals surface area (Å²) in [7, 11) is 0. The fraction of sp³-hybridized carbons (Fsp3) is 0.619. The zero-order valence-electron chi connectivity index (χ0n) is 17.0. The molecule has 2 amide bonds. The molecule has 0 bridgehead atoms. The average molecular weight is 376 g/mol. The van der Waals surface area contributed by atoms with Crippen molar-refractivity contribution >= 4 is 12.0 Å². The van der Waals surface area contributed by atoms with Gasteiger partial charge in [0.1, 0.15) is 5.75 Å². The van der Waals surface area contributed by atoms with E-state index in [1.165, 1.54) is 5.56 Å². The standard InChI is InChI=1S/C21H32N2O4/c1-16(2)15-27-21(25)23-11-6-10-22(12-13-23)20(24)9-14-26-19-8-5-7-17(3)18(19)4/h5,7-8,16H,6,9-15H2,1-4H3. The van der Waals surface area contributed by atoms with Crippen LogP contribution in [0.1, 0.15) is 37.8 Å². The van der Waals surface area contributed by atoms with Crippen LogP contribution in [0.3, 0.4) is 0 Å². The van der Waals surface area contributed by atoms with Gasteiger partial charge in [0.05, 0.1) is 19.6 Å². The van der Waals surface area contributed by atoms with Gasteiger partial charge in [-0.2, -0.15) is 0 Å². The Labute approximate surface area is 162 Å². The third-order valence-electron chi connectivity index (χ3n) is 4.78. The second-order valence-electron chi connectivity index (χ2n) is 7.49. The third-order valence-corrected chi connectivity index (χ3v) is 4.78. The maximum Gasteiger partial charge on any atom is 0.409 e. The first kappa shape index (κ1) is 21.1. The molecule has 1 fully saturated rings. The minimum Gasteiger partial charge on any atom is -0.493 e. The minimum atomic E-state index is -0.281. The molecule has 27 heavy (non-hydrogen) atoms. The molecule has 0 radical (unpaired) electrons. The smallest absolute Gasteiger partial charge is 0.409 e. The van der Waals surface area contributed by atoms with Crippen molar-refractivity contribution in [2.75, 3.05) is 39.4 Å². The molecule has 0 saturated carbocycles. The number of carbonyl (C=O) groups excluding carboxylic acids is 2. The highest BCUT2D eigenvalue weighted by molar-refractivity contribution is 5.76. The first-order chi connectivity index (χ1) is 12.9. The highest BCUT2D eigenvalue weighted by atomic mass is 16.6. The van der Waals surface area contributed by atoms with E-state index in [9.17, 15) is 9.59 Å². The van der Waals surface area contributed by atoms with Gasteiger partial charge < -0.3 is 19.3 Å². The number of ether oxygens (including phenoxy) is 2. The van der Waals surface area contributed by atoms with Gasteiger partial charge in [0.2, 0.25) is 5.91 Å². The second-order valence-corrected chi connectivity index (χ2v) is 7.49. The lowest BCUT2D eigenvalue weighted by atomic mass is 10.1. The van der Waals surface area contributed by atoms with Crippen LogP contribution >= 0.6 is 0 Å². The van der Waals surface area contributed by atoms with Crippen LogP contribution in [0.2, 0.25) is 0 Å². The van der Waals surface area contributed by atoms with Gasteiger partial charge in [-0.1, -0.05) is 26.0 Å². The van der Waals surface area contributed by atoms with Gasteiger partial charge in [-0.3, -0.25) is 4.79 Å². The molecule has 1 aliphatic heterocycles. The summed E-state index contributed by atoms with van der Waals surface area (Å²) >= 11 is 0. The molecule has 6 nitrogen and oxygen atoms in total. The van der Waals surface area contributed by atoms with E-state index in [0.29, 0.717) is 51.7 Å². The molecule has 0 N–H and O–H groups in total. The molecule has 6 heteroatoms. The van der Waals surface area contributed by atoms with Gasteiger partial charge in [-0.05, 0) is 43.4 Å². The third kappa shape index (κ3) is 6.45. The van der Waals surface area contributed by atoms with Crippen LogP contribution in [0.15, 0.2) is 18.2 Å². The van der Waals surface area contributed by atoms with E-state index in [4.69, 9.17) is 9.47 Å². The molecule has 0 aliphatic carbocycles. The fourth-order valence-corrected chi connectivity index (χ4v) is 2.97. The minimum absolute atomic E-state index is 0.0673. The first-order valence-electron chi connectivity index (χ1n) is 9.77. The molecule has 2 rings (SSSR count). The lowest BCUT2D eigenvalue weighted by molar-refractivity contribution is -0.131. The van der Waals surface area contributed by atoms with E-state index in [1.54, 1.807) is 4.90 Å². The Bertz CT molecular complexity index is 645. The molecule has 1 aromatic rings. The Hall–Kier alpha value is -2.24. The van der Waals surface area contributed by atoms with Crippen molar-refractivity contribution in [3.63, 3.8) is 0 Å². The zero-order valence-corrected chi connectivity index (χ0v) is 17.0. The zero-order chi connectivity index (χ0) is 19.8. The Balaban J connectivity index is 1.77. The quantitative estimate of drug-likeness (QED) is 0.763. The van der Waals surface area contributed by atoms with Gasteiger partial charge >= 0.3 is 6.09 Å². The predicted molar refractivity (Wildman–Crippen MR) is 105 cm³/mol. The lowest BCUT2D eigenvalue weighted by Gasteiger charge is -2.22. The highest BCUT2D eigenvalue weighted by Gasteiger charge is 2.23. The van der Waals surface area contributed by atoms with Crippen LogP contribution in [0.5, 0.6) is 5.75 Å². The SMILES string of the molecule is Cc1cccc(OCCC(=O)N2CCCN(C(=O)OCC(C)C)CC2)c1C. The molecular formula is C21H32N2O4. The van der Waals surface area contributed by atoms with Crippen molar-refractivity contribution in [3.8, 4) is 5.75 Å². The summed E-state index contributed by atoms with van der Waals surface area (Å²) in [4.78, 5) is 28.1. The van der Waals surface area contributed by atoms with Crippen LogP contribution in [0, 0.1) is 19.8 Å². The van der Waals surface area contributed by atoms with Crippen LogP contribution in [-0.2, 0) is 9.53 Å². The normalized spacial score (nSPS) is 14.9. The number of carbonyl (C=O) groups is 2. The molecule has 0 aromatic heterocycles. The Morgan fingerprint density at radius 1 is 1.07 bits per heavy atom. The van der Waals surface area contributed by atoms with E-state index in [1.807, 2.05) is 50.8 Å². The highest BCUT2D eigenvalue weighted by Crippen LogP contribution is 2.20. The number of rotatable bonds is 6. The maximum atomic E-state index is 12.5. The summed E-state index contributed by atoms with van der Waals surface area (Å²) < 4.78 is 11.1. The number of hydrogen-bond acceptors (Lipinski definition) is 4. The van der Waals surface area contributed by atoms with Crippen molar-refractivity contribution in [3.05, 3.63) is 29.3 Å². The predicted octanol–water partition coefficient (Wildman–Crippen LogP) is 3.40. The van der Waals surface area contributed by atoms with Crippen molar-refractivity contribution in [1.29, 1.82) is 0 Å². The largest absolute Gasteiger partial charge is 0.493 e. The molecule has 1 aromatic carbocycles. The topological polar surface area (TPSA) is 59.1 Å². The van der Waals surface area contributed by atoms with Gasteiger partial charge in [0, 0.05) is 26.2 Å². The van der Waals surface area contributed by atoms with Gasteiger partial charge in [-0.15, -0.1) is 0 Å². The van der Waals surface area contributed by atoms with E-state index >= 15 is 0 Å². The van der Waals surface area contributed by atoms with Crippen LogP contribution in [0.4, 0.5) is 4.79 Å². The van der Waals surface area contributed by atoms with E-state index in [-0.39, 0.29) is 12.0 Å². The Morgan fingerprint density at radius 2 is 1.78 bits per heavy atom. The second kappa shape index (κ2) is 10.2. The fourth-order valence-electron chi connectivity index (χ4n) is 2.97. The Kier molecular flexibility index (Phi) is 7.95. The van der Waals surface area contributed by atoms with Crippen LogP contribution < -0.4 is 4.74 Å². The van der Waals surface area contributed by atoms with Crippen LogP contribution in [-0.4, -0.2) is 61.2 Å². The van der Waals surface area contributed by atoms with Gasteiger partial charge in [0.15, 0.2) is 0 Å². The number of hydrogen-bond donors (Lipinski definition) is 0. The number of amides is 2. The van der Waals surface area contributed by atoms with Gasteiger partial charge in [-0.25, -0.2) is 4.79 Å². The van der Waals surface area contributed by atoms with Crippen molar-refractivity contribution in [2.24, 2.45) is 5.92 Å². The van der Waals surface area contributed by atoms with Crippen molar-refractivity contribution in [2.45, 2.75) is 40.5 Å². The van der Waals surface area contributed by atoms with Gasteiger partial charge in [0.25, 0.3) is 0 Å². The monoisotopic (exact) mass is 376 g/mol. The number of nitrogens with zero attached hydrogens (tertiary/aromatic N) is 2. The summed E-state index contributed by atoms with van der Waals surface area (Å²) in [5.74, 6) is 1.21. The molecule has 150 valence electrons. The lowest BCUT2D eigenvalue weighted by Crippen LogP contribution is -2.38. The molecular weight excluding hydrogens is 344 g/mol. The molecule has 0 spiro atoms. The summed E-state index contributed by atoms with van der Waals surface area (Å²) in [5, 5.41) is 0. The molecule has 1 heterocycles. The van der Waals surface area contributed by atoms with E-state index in [2.05, 4.69) is 0 Å². The van der Waals surface area contributed by atoms with E-state index in [0.717, 1.165) is 17.7 Å². The van der Waals surface area contributed by atoms with Crippen molar-refractivity contribution in [1.82, 2.24) is 9.80 Å².